The van der Waals surface area contributed by atoms with E-state index in [1.54, 1.807) is 7.05 Å². The molecule has 0 radical (unpaired) electrons. The number of rotatable bonds is 4. The Hall–Kier alpha value is -0.250. The molecular weight excluding hydrogens is 191 g/mol. The molecule has 0 aromatic heterocycles. The quantitative estimate of drug-likeness (QED) is 0.750. The molecule has 0 bridgehead atoms. The zero-order valence-corrected chi connectivity index (χ0v) is 8.53. The predicted octanol–water partition coefficient (Wildman–Crippen LogP) is 3.11. The monoisotopic (exact) mass is 209 g/mol. The zero-order valence-electron chi connectivity index (χ0n) is 8.53. The van der Waals surface area contributed by atoms with Gasteiger partial charge in [0.1, 0.15) is 0 Å². The summed E-state index contributed by atoms with van der Waals surface area (Å²) in [5, 5.41) is 3.02. The fourth-order valence-electron chi connectivity index (χ4n) is 2.29. The molecular formula is C10H18F3N. The molecule has 1 N–H and O–H groups in total. The Morgan fingerprint density at radius 3 is 2.29 bits per heavy atom. The van der Waals surface area contributed by atoms with Gasteiger partial charge in [-0.25, -0.2) is 0 Å². The van der Waals surface area contributed by atoms with Gasteiger partial charge in [0.05, 0.1) is 0 Å². The lowest BCUT2D eigenvalue weighted by molar-refractivity contribution is -0.137. The Balaban J connectivity index is 2.31. The second-order valence-electron chi connectivity index (χ2n) is 4.09. The first-order chi connectivity index (χ1) is 6.53. The fraction of sp³-hybridized carbons (Fsp3) is 1.00. The van der Waals surface area contributed by atoms with E-state index in [0.29, 0.717) is 5.92 Å². The number of hydrogen-bond acceptors (Lipinski definition) is 1. The highest BCUT2D eigenvalue weighted by Gasteiger charge is 2.31. The van der Waals surface area contributed by atoms with Crippen LogP contribution in [0.4, 0.5) is 13.2 Å². The SMILES string of the molecule is CNC(CCC(F)(F)F)C1CCCC1. The van der Waals surface area contributed by atoms with Crippen LogP contribution in [0.5, 0.6) is 0 Å². The van der Waals surface area contributed by atoms with Crippen LogP contribution in [0, 0.1) is 5.92 Å². The number of alkyl halides is 3. The Labute approximate surface area is 83.1 Å². The van der Waals surface area contributed by atoms with Gasteiger partial charge in [0.2, 0.25) is 0 Å². The minimum atomic E-state index is -4.01. The van der Waals surface area contributed by atoms with Crippen molar-refractivity contribution in [2.75, 3.05) is 7.05 Å². The van der Waals surface area contributed by atoms with Crippen LogP contribution in [-0.4, -0.2) is 19.3 Å². The van der Waals surface area contributed by atoms with Gasteiger partial charge in [0.25, 0.3) is 0 Å². The maximum atomic E-state index is 12.0. The van der Waals surface area contributed by atoms with E-state index in [1.807, 2.05) is 0 Å². The Bertz CT molecular complexity index is 161. The summed E-state index contributed by atoms with van der Waals surface area (Å²) >= 11 is 0. The minimum Gasteiger partial charge on any atom is -0.317 e. The lowest BCUT2D eigenvalue weighted by atomic mass is 9.94. The van der Waals surface area contributed by atoms with Crippen molar-refractivity contribution in [2.45, 2.75) is 50.7 Å². The predicted molar refractivity (Wildman–Crippen MR) is 50.1 cm³/mol. The van der Waals surface area contributed by atoms with E-state index in [2.05, 4.69) is 5.32 Å². The van der Waals surface area contributed by atoms with Crippen molar-refractivity contribution in [3.8, 4) is 0 Å². The van der Waals surface area contributed by atoms with E-state index >= 15 is 0 Å². The van der Waals surface area contributed by atoms with Crippen molar-refractivity contribution >= 4 is 0 Å². The average molecular weight is 209 g/mol. The lowest BCUT2D eigenvalue weighted by Crippen LogP contribution is -2.33. The summed E-state index contributed by atoms with van der Waals surface area (Å²) in [4.78, 5) is 0. The first kappa shape index (κ1) is 11.8. The molecule has 0 aromatic carbocycles. The molecule has 1 aliphatic rings. The van der Waals surface area contributed by atoms with Gasteiger partial charge in [0, 0.05) is 12.5 Å². The largest absolute Gasteiger partial charge is 0.389 e. The molecule has 1 rings (SSSR count). The summed E-state index contributed by atoms with van der Waals surface area (Å²) in [5.41, 5.74) is 0. The van der Waals surface area contributed by atoms with E-state index in [9.17, 15) is 13.2 Å². The Morgan fingerprint density at radius 1 is 1.29 bits per heavy atom. The van der Waals surface area contributed by atoms with Crippen molar-refractivity contribution in [1.29, 1.82) is 0 Å². The molecule has 4 heteroatoms. The summed E-state index contributed by atoms with van der Waals surface area (Å²) in [6.07, 6.45) is 0.0871. The van der Waals surface area contributed by atoms with E-state index in [1.165, 1.54) is 12.8 Å². The Kier molecular flexibility index (Phi) is 4.23. The average Bonchev–Trinajstić information content (AvgIpc) is 2.56. The highest BCUT2D eigenvalue weighted by Crippen LogP contribution is 2.31. The van der Waals surface area contributed by atoms with Crippen molar-refractivity contribution in [3.05, 3.63) is 0 Å². The van der Waals surface area contributed by atoms with E-state index in [0.717, 1.165) is 12.8 Å². The lowest BCUT2D eigenvalue weighted by Gasteiger charge is -2.23. The normalized spacial score (nSPS) is 21.4. The summed E-state index contributed by atoms with van der Waals surface area (Å²) in [7, 11) is 1.76. The van der Waals surface area contributed by atoms with E-state index < -0.39 is 12.6 Å². The van der Waals surface area contributed by atoms with Gasteiger partial charge in [-0.3, -0.25) is 0 Å². The highest BCUT2D eigenvalue weighted by atomic mass is 19.4. The second-order valence-corrected chi connectivity index (χ2v) is 4.09. The molecule has 1 fully saturated rings. The van der Waals surface area contributed by atoms with E-state index in [4.69, 9.17) is 0 Å². The van der Waals surface area contributed by atoms with Crippen molar-refractivity contribution < 1.29 is 13.2 Å². The maximum Gasteiger partial charge on any atom is 0.389 e. The van der Waals surface area contributed by atoms with Crippen LogP contribution in [-0.2, 0) is 0 Å². The van der Waals surface area contributed by atoms with Crippen molar-refractivity contribution in [1.82, 2.24) is 5.32 Å². The molecule has 1 nitrogen and oxygen atoms in total. The minimum absolute atomic E-state index is 0.0547. The third kappa shape index (κ3) is 3.86. The van der Waals surface area contributed by atoms with Crippen LogP contribution in [0.15, 0.2) is 0 Å². The molecule has 0 saturated heterocycles. The van der Waals surface area contributed by atoms with Gasteiger partial charge in [-0.1, -0.05) is 12.8 Å². The van der Waals surface area contributed by atoms with Crippen LogP contribution >= 0.6 is 0 Å². The summed E-state index contributed by atoms with van der Waals surface area (Å²) in [5.74, 6) is 0.461. The van der Waals surface area contributed by atoms with Gasteiger partial charge < -0.3 is 5.32 Å². The summed E-state index contributed by atoms with van der Waals surface area (Å²) < 4.78 is 36.0. The molecule has 0 spiro atoms. The fourth-order valence-corrected chi connectivity index (χ4v) is 2.29. The molecule has 0 aromatic rings. The topological polar surface area (TPSA) is 12.0 Å². The third-order valence-electron chi connectivity index (χ3n) is 3.08. The van der Waals surface area contributed by atoms with Gasteiger partial charge in [0.15, 0.2) is 0 Å². The zero-order chi connectivity index (χ0) is 10.6. The number of nitrogens with one attached hydrogen (secondary N) is 1. The molecule has 1 aliphatic carbocycles. The smallest absolute Gasteiger partial charge is 0.317 e. The van der Waals surface area contributed by atoms with E-state index in [-0.39, 0.29) is 12.5 Å². The van der Waals surface area contributed by atoms with Crippen molar-refractivity contribution in [2.24, 2.45) is 5.92 Å². The van der Waals surface area contributed by atoms with Gasteiger partial charge >= 0.3 is 6.18 Å². The first-order valence-electron chi connectivity index (χ1n) is 5.27. The van der Waals surface area contributed by atoms with Gasteiger partial charge in [-0.15, -0.1) is 0 Å². The van der Waals surface area contributed by atoms with Crippen LogP contribution < -0.4 is 5.32 Å². The molecule has 0 heterocycles. The maximum absolute atomic E-state index is 12.0. The summed E-state index contributed by atoms with van der Waals surface area (Å²) in [6.45, 7) is 0. The van der Waals surface area contributed by atoms with Gasteiger partial charge in [-0.2, -0.15) is 13.2 Å². The molecule has 1 unspecified atom stereocenters. The summed E-state index contributed by atoms with van der Waals surface area (Å²) in [6, 6.07) is 0.0547. The number of hydrogen-bond donors (Lipinski definition) is 1. The van der Waals surface area contributed by atoms with Gasteiger partial charge in [-0.05, 0) is 32.2 Å². The standard InChI is InChI=1S/C10H18F3N/c1-14-9(6-7-10(11,12)13)8-4-2-3-5-8/h8-9,14H,2-7H2,1H3. The Morgan fingerprint density at radius 2 is 1.86 bits per heavy atom. The van der Waals surface area contributed by atoms with Crippen molar-refractivity contribution in [3.63, 3.8) is 0 Å². The molecule has 0 amide bonds. The molecule has 0 aliphatic heterocycles. The van der Waals surface area contributed by atoms with Crippen LogP contribution in [0.3, 0.4) is 0 Å². The third-order valence-corrected chi connectivity index (χ3v) is 3.08. The molecule has 1 saturated carbocycles. The first-order valence-corrected chi connectivity index (χ1v) is 5.27. The van der Waals surface area contributed by atoms with Crippen LogP contribution in [0.2, 0.25) is 0 Å². The highest BCUT2D eigenvalue weighted by molar-refractivity contribution is 4.80. The van der Waals surface area contributed by atoms with Crippen LogP contribution in [0.25, 0.3) is 0 Å². The molecule has 84 valence electrons. The molecule has 14 heavy (non-hydrogen) atoms. The van der Waals surface area contributed by atoms with Crippen LogP contribution in [0.1, 0.15) is 38.5 Å². The molecule has 1 atom stereocenters. The second kappa shape index (κ2) is 5.01. The number of halogens is 3.